The molecule has 32 heavy (non-hydrogen) atoms. The first-order valence-corrected chi connectivity index (χ1v) is 10.4. The van der Waals surface area contributed by atoms with E-state index in [0.29, 0.717) is 30.3 Å². The molecule has 1 amide bonds. The van der Waals surface area contributed by atoms with Gasteiger partial charge in [-0.1, -0.05) is 35.5 Å². The van der Waals surface area contributed by atoms with Gasteiger partial charge in [-0.3, -0.25) is 4.79 Å². The Hall–Kier alpha value is -3.81. The molecule has 2 heterocycles. The zero-order valence-electron chi connectivity index (χ0n) is 18.4. The van der Waals surface area contributed by atoms with Crippen LogP contribution in [0.3, 0.4) is 0 Å². The number of ether oxygens (including phenoxy) is 3. The largest absolute Gasteiger partial charge is 0.493 e. The Morgan fingerprint density at radius 1 is 1.06 bits per heavy atom. The minimum atomic E-state index is -0.0513. The lowest BCUT2D eigenvalue weighted by atomic mass is 10.1. The van der Waals surface area contributed by atoms with Crippen molar-refractivity contribution in [3.63, 3.8) is 0 Å². The van der Waals surface area contributed by atoms with Crippen molar-refractivity contribution in [1.82, 2.24) is 19.9 Å². The molecule has 0 saturated carbocycles. The first kappa shape index (κ1) is 21.4. The number of aromatic nitrogens is 3. The van der Waals surface area contributed by atoms with Gasteiger partial charge in [0, 0.05) is 24.7 Å². The molecule has 1 aliphatic rings. The van der Waals surface area contributed by atoms with Crippen molar-refractivity contribution < 1.29 is 19.0 Å². The third-order valence-corrected chi connectivity index (χ3v) is 5.53. The van der Waals surface area contributed by atoms with Crippen LogP contribution in [0.15, 0.2) is 54.7 Å². The molecule has 2 aromatic carbocycles. The van der Waals surface area contributed by atoms with Crippen LogP contribution < -0.4 is 14.2 Å². The number of hydrogen-bond acceptors (Lipinski definition) is 6. The van der Waals surface area contributed by atoms with E-state index in [9.17, 15) is 4.79 Å². The van der Waals surface area contributed by atoms with Gasteiger partial charge in [0.25, 0.3) is 0 Å². The molecule has 8 nitrogen and oxygen atoms in total. The molecule has 1 aromatic heterocycles. The van der Waals surface area contributed by atoms with E-state index in [1.807, 2.05) is 46.1 Å². The second-order valence-corrected chi connectivity index (χ2v) is 7.47. The Morgan fingerprint density at radius 2 is 1.78 bits per heavy atom. The first-order valence-electron chi connectivity index (χ1n) is 10.4. The fourth-order valence-electron chi connectivity index (χ4n) is 3.82. The van der Waals surface area contributed by atoms with Gasteiger partial charge in [-0.15, -0.1) is 5.10 Å². The van der Waals surface area contributed by atoms with Crippen molar-refractivity contribution in [3.8, 4) is 28.5 Å². The lowest BCUT2D eigenvalue weighted by Crippen LogP contribution is -2.27. The van der Waals surface area contributed by atoms with Crippen LogP contribution in [0.5, 0.6) is 17.2 Å². The predicted octanol–water partition coefficient (Wildman–Crippen LogP) is 3.46. The minimum absolute atomic E-state index is 0.0513. The number of carbonyl (C=O) groups excluding carboxylic acids is 1. The zero-order valence-corrected chi connectivity index (χ0v) is 18.4. The second kappa shape index (κ2) is 9.55. The number of benzene rings is 2. The Labute approximate surface area is 187 Å². The Bertz CT molecular complexity index is 1090. The first-order chi connectivity index (χ1) is 15.6. The number of methoxy groups -OCH3 is 3. The number of likely N-dealkylation sites (tertiary alicyclic amines) is 1. The molecule has 1 atom stereocenters. The zero-order chi connectivity index (χ0) is 22.5. The highest BCUT2D eigenvalue weighted by molar-refractivity contribution is 5.92. The molecule has 1 unspecified atom stereocenters. The van der Waals surface area contributed by atoms with Gasteiger partial charge in [0.15, 0.2) is 11.5 Å². The van der Waals surface area contributed by atoms with Crippen molar-refractivity contribution in [2.75, 3.05) is 34.4 Å². The molecule has 0 N–H and O–H groups in total. The van der Waals surface area contributed by atoms with E-state index in [-0.39, 0.29) is 11.9 Å². The van der Waals surface area contributed by atoms with E-state index in [4.69, 9.17) is 14.2 Å². The molecular weight excluding hydrogens is 408 g/mol. The maximum atomic E-state index is 12.8. The van der Waals surface area contributed by atoms with E-state index in [0.717, 1.165) is 23.2 Å². The van der Waals surface area contributed by atoms with E-state index in [1.165, 1.54) is 0 Å². The van der Waals surface area contributed by atoms with Gasteiger partial charge >= 0.3 is 0 Å². The summed E-state index contributed by atoms with van der Waals surface area (Å²) in [6, 6.07) is 13.7. The van der Waals surface area contributed by atoms with Crippen LogP contribution in [-0.2, 0) is 4.79 Å². The molecule has 8 heteroatoms. The topological polar surface area (TPSA) is 78.7 Å². The summed E-state index contributed by atoms with van der Waals surface area (Å²) in [7, 11) is 4.68. The maximum absolute atomic E-state index is 12.8. The summed E-state index contributed by atoms with van der Waals surface area (Å²) in [4.78, 5) is 14.6. The summed E-state index contributed by atoms with van der Waals surface area (Å²) < 4.78 is 17.9. The highest BCUT2D eigenvalue weighted by Crippen LogP contribution is 2.38. The van der Waals surface area contributed by atoms with E-state index >= 15 is 0 Å². The molecule has 166 valence electrons. The molecule has 0 spiro atoms. The van der Waals surface area contributed by atoms with Crippen LogP contribution in [0.25, 0.3) is 17.3 Å². The van der Waals surface area contributed by atoms with Crippen molar-refractivity contribution in [3.05, 3.63) is 60.3 Å². The lowest BCUT2D eigenvalue weighted by Gasteiger charge is -2.15. The van der Waals surface area contributed by atoms with Crippen molar-refractivity contribution in [2.24, 2.45) is 0 Å². The maximum Gasteiger partial charge on any atom is 0.246 e. The fourth-order valence-corrected chi connectivity index (χ4v) is 3.82. The van der Waals surface area contributed by atoms with Gasteiger partial charge in [0.2, 0.25) is 11.7 Å². The standard InChI is InChI=1S/C24H26N4O4/c1-30-21-13-17(14-22(31-2)24(21)32-3)9-10-23(29)27-12-11-19(15-27)28-16-20(25-26-28)18-7-5-4-6-8-18/h4-10,13-14,16,19H,11-12,15H2,1-3H3/b10-9+. The minimum Gasteiger partial charge on any atom is -0.493 e. The molecule has 1 fully saturated rings. The number of hydrogen-bond donors (Lipinski definition) is 0. The van der Waals surface area contributed by atoms with Crippen LogP contribution in [0.2, 0.25) is 0 Å². The molecule has 1 aliphatic heterocycles. The van der Waals surface area contributed by atoms with E-state index in [1.54, 1.807) is 45.6 Å². The van der Waals surface area contributed by atoms with Crippen LogP contribution in [0, 0.1) is 0 Å². The van der Waals surface area contributed by atoms with Gasteiger partial charge in [0.05, 0.1) is 33.6 Å². The summed E-state index contributed by atoms with van der Waals surface area (Å²) in [5.74, 6) is 1.55. The summed E-state index contributed by atoms with van der Waals surface area (Å²) in [5.41, 5.74) is 2.64. The summed E-state index contributed by atoms with van der Waals surface area (Å²) in [6.45, 7) is 1.26. The molecule has 0 bridgehead atoms. The summed E-state index contributed by atoms with van der Waals surface area (Å²) >= 11 is 0. The van der Waals surface area contributed by atoms with Gasteiger partial charge in [-0.2, -0.15) is 0 Å². The second-order valence-electron chi connectivity index (χ2n) is 7.47. The lowest BCUT2D eigenvalue weighted by molar-refractivity contribution is -0.125. The Kier molecular flexibility index (Phi) is 6.39. The van der Waals surface area contributed by atoms with E-state index in [2.05, 4.69) is 10.3 Å². The molecule has 3 aromatic rings. The number of rotatable bonds is 7. The number of nitrogens with zero attached hydrogens (tertiary/aromatic N) is 4. The van der Waals surface area contributed by atoms with Gasteiger partial charge in [0.1, 0.15) is 5.69 Å². The van der Waals surface area contributed by atoms with Gasteiger partial charge < -0.3 is 19.1 Å². The Morgan fingerprint density at radius 3 is 2.44 bits per heavy atom. The molecule has 0 radical (unpaired) electrons. The SMILES string of the molecule is COc1cc(/C=C/C(=O)N2CCC(n3cc(-c4ccccc4)nn3)C2)cc(OC)c1OC. The van der Waals surface area contributed by atoms with Crippen LogP contribution in [0.4, 0.5) is 0 Å². The normalized spacial score (nSPS) is 15.8. The van der Waals surface area contributed by atoms with Crippen molar-refractivity contribution in [1.29, 1.82) is 0 Å². The molecule has 0 aliphatic carbocycles. The van der Waals surface area contributed by atoms with Crippen LogP contribution >= 0.6 is 0 Å². The number of amides is 1. The van der Waals surface area contributed by atoms with Crippen molar-refractivity contribution in [2.45, 2.75) is 12.5 Å². The van der Waals surface area contributed by atoms with Crippen molar-refractivity contribution >= 4 is 12.0 Å². The Balaban J connectivity index is 1.42. The van der Waals surface area contributed by atoms with Gasteiger partial charge in [-0.05, 0) is 30.2 Å². The monoisotopic (exact) mass is 434 g/mol. The molecule has 4 rings (SSSR count). The average Bonchev–Trinajstić information content (AvgIpc) is 3.52. The van der Waals surface area contributed by atoms with Crippen LogP contribution in [-0.4, -0.2) is 60.2 Å². The third-order valence-electron chi connectivity index (χ3n) is 5.53. The third kappa shape index (κ3) is 4.44. The predicted molar refractivity (Wildman–Crippen MR) is 121 cm³/mol. The van der Waals surface area contributed by atoms with Gasteiger partial charge in [-0.25, -0.2) is 4.68 Å². The summed E-state index contributed by atoms with van der Waals surface area (Å²) in [5, 5.41) is 8.57. The van der Waals surface area contributed by atoms with Crippen LogP contribution in [0.1, 0.15) is 18.0 Å². The molecular formula is C24H26N4O4. The smallest absolute Gasteiger partial charge is 0.246 e. The number of carbonyl (C=O) groups is 1. The highest BCUT2D eigenvalue weighted by atomic mass is 16.5. The highest BCUT2D eigenvalue weighted by Gasteiger charge is 2.27. The quantitative estimate of drug-likeness (QED) is 0.530. The summed E-state index contributed by atoms with van der Waals surface area (Å²) in [6.07, 6.45) is 6.10. The fraction of sp³-hybridized carbons (Fsp3) is 0.292. The average molecular weight is 434 g/mol. The van der Waals surface area contributed by atoms with E-state index < -0.39 is 0 Å². The molecule has 1 saturated heterocycles.